The van der Waals surface area contributed by atoms with Crippen LogP contribution >= 0.6 is 0 Å². The lowest BCUT2D eigenvalue weighted by molar-refractivity contribution is 0.0851. The normalized spacial score (nSPS) is 16.6. The Balaban J connectivity index is 1.43. The number of pyridine rings is 1. The van der Waals surface area contributed by atoms with Crippen molar-refractivity contribution in [2.24, 2.45) is 0 Å². The number of alkyl halides is 3. The van der Waals surface area contributed by atoms with Crippen LogP contribution in [0.3, 0.4) is 0 Å². The lowest BCUT2D eigenvalue weighted by atomic mass is 9.87. The highest BCUT2D eigenvalue weighted by Gasteiger charge is 2.27. The summed E-state index contributed by atoms with van der Waals surface area (Å²) in [6.45, 7) is 6.76. The summed E-state index contributed by atoms with van der Waals surface area (Å²) in [5.41, 5.74) is 7.33. The van der Waals surface area contributed by atoms with Gasteiger partial charge >= 0.3 is 0 Å². The molecule has 212 valence electrons. The average Bonchev–Trinajstić information content (AvgIpc) is 3.35. The molecule has 4 aromatic rings. The number of hydrogen-bond donors (Lipinski definition) is 1. The zero-order valence-electron chi connectivity index (χ0n) is 23.5. The van der Waals surface area contributed by atoms with E-state index in [1.807, 2.05) is 54.4 Å². The fourth-order valence-electron chi connectivity index (χ4n) is 6.04. The molecule has 2 aromatic carbocycles. The minimum Gasteiger partial charge on any atom is -0.354 e. The Kier molecular flexibility index (Phi) is 8.50. The van der Waals surface area contributed by atoms with Gasteiger partial charge in [-0.3, -0.25) is 4.79 Å². The molecule has 40 heavy (non-hydrogen) atoms. The molecule has 0 spiro atoms. The van der Waals surface area contributed by atoms with E-state index < -0.39 is 19.0 Å². The van der Waals surface area contributed by atoms with E-state index in [1.54, 1.807) is 4.57 Å². The fourth-order valence-corrected chi connectivity index (χ4v) is 6.04. The molecule has 1 aliphatic heterocycles. The summed E-state index contributed by atoms with van der Waals surface area (Å²) in [5, 5.41) is 1.18. The van der Waals surface area contributed by atoms with Crippen LogP contribution in [0.5, 0.6) is 0 Å². The van der Waals surface area contributed by atoms with Crippen molar-refractivity contribution in [1.82, 2.24) is 14.5 Å². The van der Waals surface area contributed by atoms with E-state index in [0.717, 1.165) is 35.2 Å². The maximum absolute atomic E-state index is 13.9. The second-order valence-electron chi connectivity index (χ2n) is 11.5. The summed E-state index contributed by atoms with van der Waals surface area (Å²) in [7, 11) is 0. The van der Waals surface area contributed by atoms with E-state index in [1.165, 1.54) is 16.5 Å². The monoisotopic (exact) mass is 549 g/mol. The minimum absolute atomic E-state index is 0.00857. The van der Waals surface area contributed by atoms with Gasteiger partial charge in [0.25, 0.3) is 5.56 Å². The molecule has 0 saturated carbocycles. The fraction of sp³-hybridized carbons (Fsp3) is 0.424. The summed E-state index contributed by atoms with van der Waals surface area (Å²) in [6, 6.07) is 18.5. The molecule has 2 unspecified atom stereocenters. The molecule has 0 amide bonds. The number of aromatic nitrogens is 2. The number of aryl methyl sites for hydroxylation is 1. The number of nitrogens with one attached hydrogen (secondary N) is 1. The van der Waals surface area contributed by atoms with E-state index in [2.05, 4.69) is 37.0 Å². The summed E-state index contributed by atoms with van der Waals surface area (Å²) in [6.07, 6.45) is -0.168. The summed E-state index contributed by atoms with van der Waals surface area (Å²) in [5.74, 6) is 0.579. The van der Waals surface area contributed by atoms with Gasteiger partial charge in [-0.25, -0.2) is 13.2 Å². The third-order valence-corrected chi connectivity index (χ3v) is 8.22. The molecule has 5 rings (SSSR count). The lowest BCUT2D eigenvalue weighted by Gasteiger charge is -2.33. The predicted molar refractivity (Wildman–Crippen MR) is 157 cm³/mol. The number of fused-ring (bicyclic) bond motifs is 1. The summed E-state index contributed by atoms with van der Waals surface area (Å²) >= 11 is 0. The molecule has 2 atom stereocenters. The highest BCUT2D eigenvalue weighted by molar-refractivity contribution is 5.92. The number of halogens is 3. The zero-order chi connectivity index (χ0) is 28.4. The Labute approximate surface area is 233 Å². The second-order valence-corrected chi connectivity index (χ2v) is 11.5. The Morgan fingerprint density at radius 2 is 1.73 bits per heavy atom. The van der Waals surface area contributed by atoms with Gasteiger partial charge in [0.15, 0.2) is 6.17 Å². The van der Waals surface area contributed by atoms with Gasteiger partial charge in [-0.15, -0.1) is 0 Å². The van der Waals surface area contributed by atoms with E-state index >= 15 is 0 Å². The number of benzene rings is 2. The van der Waals surface area contributed by atoms with Crippen LogP contribution in [0.4, 0.5) is 13.2 Å². The van der Waals surface area contributed by atoms with E-state index in [0.29, 0.717) is 31.1 Å². The van der Waals surface area contributed by atoms with Gasteiger partial charge in [-0.1, -0.05) is 50.2 Å². The maximum atomic E-state index is 13.9. The number of nitrogens with zero attached hydrogens (tertiary/aromatic N) is 2. The third-order valence-electron chi connectivity index (χ3n) is 8.22. The average molecular weight is 550 g/mol. The van der Waals surface area contributed by atoms with Crippen LogP contribution in [-0.2, 0) is 6.54 Å². The lowest BCUT2D eigenvalue weighted by Crippen LogP contribution is -2.40. The Morgan fingerprint density at radius 1 is 1.00 bits per heavy atom. The molecule has 1 N–H and O–H groups in total. The molecule has 4 nitrogen and oxygen atoms in total. The number of piperidine rings is 1. The van der Waals surface area contributed by atoms with Crippen LogP contribution in [0, 0.1) is 6.92 Å². The van der Waals surface area contributed by atoms with Crippen molar-refractivity contribution >= 4 is 10.9 Å². The predicted octanol–water partition coefficient (Wildman–Crippen LogP) is 7.30. The second kappa shape index (κ2) is 12.0. The molecule has 1 aliphatic rings. The van der Waals surface area contributed by atoms with E-state index in [9.17, 15) is 18.0 Å². The summed E-state index contributed by atoms with van der Waals surface area (Å²) in [4.78, 5) is 18.5. The van der Waals surface area contributed by atoms with Crippen molar-refractivity contribution in [3.8, 4) is 11.3 Å². The Morgan fingerprint density at radius 3 is 2.40 bits per heavy atom. The molecule has 1 fully saturated rings. The molecule has 0 aliphatic carbocycles. The molecule has 2 aromatic heterocycles. The first-order valence-electron chi connectivity index (χ1n) is 14.2. The van der Waals surface area contributed by atoms with Gasteiger partial charge in [-0.2, -0.15) is 0 Å². The smallest absolute Gasteiger partial charge is 0.253 e. The number of hydrogen-bond acceptors (Lipinski definition) is 2. The number of aromatic amines is 1. The number of H-pyrrole nitrogens is 1. The van der Waals surface area contributed by atoms with Crippen molar-refractivity contribution < 1.29 is 13.2 Å². The van der Waals surface area contributed by atoms with Gasteiger partial charge < -0.3 is 14.5 Å². The molecular formula is C33H38F3N3O. The topological polar surface area (TPSA) is 41.0 Å². The Hall–Kier alpha value is -3.32. The highest BCUT2D eigenvalue weighted by atomic mass is 19.2. The highest BCUT2D eigenvalue weighted by Crippen LogP contribution is 2.38. The van der Waals surface area contributed by atoms with E-state index in [4.69, 9.17) is 0 Å². The quantitative estimate of drug-likeness (QED) is 0.238. The third kappa shape index (κ3) is 5.90. The maximum Gasteiger partial charge on any atom is 0.253 e. The molecular weight excluding hydrogens is 511 g/mol. The van der Waals surface area contributed by atoms with Crippen LogP contribution < -0.4 is 5.56 Å². The number of likely N-dealkylation sites (tertiary alicyclic amines) is 1. The van der Waals surface area contributed by atoms with Crippen molar-refractivity contribution in [3.05, 3.63) is 93.4 Å². The largest absolute Gasteiger partial charge is 0.354 e. The first-order chi connectivity index (χ1) is 19.2. The van der Waals surface area contributed by atoms with Crippen molar-refractivity contribution in [3.63, 3.8) is 0 Å². The SMILES string of the molecule is Cc1cc(-c2[nH]c3ccc(C4CCN(CC(F)C(F)CF)CC4)cc3c2C(C)C)cn(Cc2ccccc2)c1=O. The van der Waals surface area contributed by atoms with Gasteiger partial charge in [0.2, 0.25) is 0 Å². The van der Waals surface area contributed by atoms with Gasteiger partial charge in [0.05, 0.1) is 12.2 Å². The van der Waals surface area contributed by atoms with Crippen molar-refractivity contribution in [1.29, 1.82) is 0 Å². The van der Waals surface area contributed by atoms with Crippen molar-refractivity contribution in [2.75, 3.05) is 26.3 Å². The van der Waals surface area contributed by atoms with Crippen LogP contribution in [0.1, 0.15) is 60.8 Å². The zero-order valence-corrected chi connectivity index (χ0v) is 23.5. The van der Waals surface area contributed by atoms with Crippen molar-refractivity contribution in [2.45, 2.75) is 64.3 Å². The molecule has 1 saturated heterocycles. The van der Waals surface area contributed by atoms with Crippen LogP contribution in [-0.4, -0.2) is 53.1 Å². The molecule has 3 heterocycles. The first kappa shape index (κ1) is 28.2. The molecule has 7 heteroatoms. The molecule has 0 radical (unpaired) electrons. The van der Waals surface area contributed by atoms with Crippen LogP contribution in [0.2, 0.25) is 0 Å². The van der Waals surface area contributed by atoms with Gasteiger partial charge in [0.1, 0.15) is 12.8 Å². The van der Waals surface area contributed by atoms with E-state index in [-0.39, 0.29) is 18.0 Å². The summed E-state index contributed by atoms with van der Waals surface area (Å²) < 4.78 is 41.6. The molecule has 0 bridgehead atoms. The first-order valence-corrected chi connectivity index (χ1v) is 14.2. The number of rotatable bonds is 9. The minimum atomic E-state index is -2.04. The van der Waals surface area contributed by atoms with Gasteiger partial charge in [-0.05, 0) is 79.6 Å². The standard InChI is InChI=1S/C33H38F3N3O/c1-21(2)31-27-16-25(24-11-13-38(14-12-24)20-29(36)28(35)17-34)9-10-30(27)37-32(31)26-15-22(3)33(40)39(19-26)18-23-7-5-4-6-8-23/h4-10,15-16,19,21,24,28-29,37H,11-14,17-18,20H2,1-3H3. The van der Waals surface area contributed by atoms with Crippen LogP contribution in [0.15, 0.2) is 65.6 Å². The van der Waals surface area contributed by atoms with Crippen LogP contribution in [0.25, 0.3) is 22.2 Å². The Bertz CT molecular complexity index is 1500. The van der Waals surface area contributed by atoms with Gasteiger partial charge in [0, 0.05) is 34.8 Å².